The third kappa shape index (κ3) is 12.3. The Morgan fingerprint density at radius 3 is 2.52 bits per heavy atom. The van der Waals surface area contributed by atoms with Crippen molar-refractivity contribution in [3.63, 3.8) is 0 Å². The molecule has 0 saturated heterocycles. The zero-order valence-electron chi connectivity index (χ0n) is 20.4. The summed E-state index contributed by atoms with van der Waals surface area (Å²) >= 11 is 0. The Kier molecular flexibility index (Phi) is 14.2. The first-order chi connectivity index (χ1) is 13.9. The maximum absolute atomic E-state index is 6.11. The monoisotopic (exact) mass is 401 g/mol. The van der Waals surface area contributed by atoms with Crippen molar-refractivity contribution in [2.45, 2.75) is 118 Å². The van der Waals surface area contributed by atoms with E-state index in [0.717, 1.165) is 23.5 Å². The van der Waals surface area contributed by atoms with E-state index in [0.29, 0.717) is 5.92 Å². The molecule has 0 aromatic heterocycles. The molecule has 0 bridgehead atoms. The Labute approximate surface area is 183 Å². The van der Waals surface area contributed by atoms with Gasteiger partial charge in [0.05, 0.1) is 0 Å². The highest BCUT2D eigenvalue weighted by Crippen LogP contribution is 2.29. The van der Waals surface area contributed by atoms with Gasteiger partial charge in [-0.15, -0.1) is 0 Å². The van der Waals surface area contributed by atoms with Gasteiger partial charge < -0.3 is 5.73 Å². The molecule has 168 valence electrons. The average molecular weight is 402 g/mol. The third-order valence-electron chi connectivity index (χ3n) is 6.94. The molecule has 1 nitrogen and oxygen atoms in total. The molecule has 1 heteroatoms. The normalized spacial score (nSPS) is 24.9. The van der Waals surface area contributed by atoms with Gasteiger partial charge in [-0.25, -0.2) is 0 Å². The molecule has 0 amide bonds. The lowest BCUT2D eigenvalue weighted by molar-refractivity contribution is 0.418. The zero-order valence-corrected chi connectivity index (χ0v) is 20.4. The number of hydrogen-bond acceptors (Lipinski definition) is 1. The number of hydrogen-bond donors (Lipinski definition) is 1. The van der Waals surface area contributed by atoms with Crippen LogP contribution in [0.2, 0.25) is 0 Å². The minimum Gasteiger partial charge on any atom is -0.402 e. The Balaban J connectivity index is 2.47. The number of allylic oxidation sites excluding steroid dienone is 6. The summed E-state index contributed by atoms with van der Waals surface area (Å²) in [7, 11) is 0. The van der Waals surface area contributed by atoms with Crippen LogP contribution in [0.3, 0.4) is 0 Å². The predicted molar refractivity (Wildman–Crippen MR) is 132 cm³/mol. The van der Waals surface area contributed by atoms with E-state index in [1.165, 1.54) is 89.0 Å². The molecule has 29 heavy (non-hydrogen) atoms. The summed E-state index contributed by atoms with van der Waals surface area (Å²) in [6.07, 6.45) is 27.2. The quantitative estimate of drug-likeness (QED) is 0.363. The van der Waals surface area contributed by atoms with Crippen molar-refractivity contribution >= 4 is 0 Å². The molecule has 2 N–H and O–H groups in total. The minimum atomic E-state index is 0.708. The largest absolute Gasteiger partial charge is 0.402 e. The van der Waals surface area contributed by atoms with Crippen molar-refractivity contribution in [3.8, 4) is 0 Å². The second kappa shape index (κ2) is 15.8. The van der Waals surface area contributed by atoms with Crippen LogP contribution in [-0.2, 0) is 0 Å². The molecule has 0 aromatic rings. The molecule has 0 heterocycles. The van der Waals surface area contributed by atoms with Crippen molar-refractivity contribution < 1.29 is 0 Å². The highest BCUT2D eigenvalue weighted by atomic mass is 14.6. The summed E-state index contributed by atoms with van der Waals surface area (Å²) in [5, 5.41) is 0. The van der Waals surface area contributed by atoms with Gasteiger partial charge in [0.15, 0.2) is 0 Å². The van der Waals surface area contributed by atoms with E-state index in [2.05, 4.69) is 58.9 Å². The van der Waals surface area contributed by atoms with Gasteiger partial charge in [-0.3, -0.25) is 0 Å². The van der Waals surface area contributed by atoms with Gasteiger partial charge in [0.25, 0.3) is 0 Å². The maximum Gasteiger partial charge on any atom is 0.00407 e. The summed E-state index contributed by atoms with van der Waals surface area (Å²) in [5.41, 5.74) is 8.61. The van der Waals surface area contributed by atoms with Crippen molar-refractivity contribution in [1.82, 2.24) is 0 Å². The molecular formula is C28H51N. The molecule has 3 unspecified atom stereocenters. The van der Waals surface area contributed by atoms with E-state index >= 15 is 0 Å². The Bertz CT molecular complexity index is 492. The van der Waals surface area contributed by atoms with Gasteiger partial charge >= 0.3 is 0 Å². The SMILES string of the molecule is CCC(C=CCCC(C)C)CCCC1/C=C\CCCCC(/C(C)=C(\C)N)CCC1. The number of nitrogens with two attached hydrogens (primary N) is 1. The topological polar surface area (TPSA) is 26.0 Å². The second-order valence-electron chi connectivity index (χ2n) is 9.97. The zero-order chi connectivity index (χ0) is 21.5. The summed E-state index contributed by atoms with van der Waals surface area (Å²) in [6.45, 7) is 11.3. The molecule has 0 aromatic carbocycles. The van der Waals surface area contributed by atoms with Gasteiger partial charge in [0, 0.05) is 5.70 Å². The molecular weight excluding hydrogens is 350 g/mol. The Hall–Kier alpha value is -0.980. The first-order valence-electron chi connectivity index (χ1n) is 12.7. The predicted octanol–water partition coefficient (Wildman–Crippen LogP) is 8.96. The van der Waals surface area contributed by atoms with E-state index in [9.17, 15) is 0 Å². The standard InChI is InChI=1S/C28H51N/c1-6-26(16-12-11-15-23(2)3)18-13-19-27-17-9-7-8-10-21-28(22-14-20-27)24(4)25(5)29/h9,12,16-17,23,26-28H,6-8,10-11,13-15,18-22,29H2,1-5H3/b16-12?,17-9-,25-24+. The van der Waals surface area contributed by atoms with Crippen LogP contribution in [0.5, 0.6) is 0 Å². The number of rotatable bonds is 10. The van der Waals surface area contributed by atoms with Gasteiger partial charge in [-0.05, 0) is 102 Å². The lowest BCUT2D eigenvalue weighted by Gasteiger charge is -2.20. The van der Waals surface area contributed by atoms with E-state index in [1.54, 1.807) is 0 Å². The van der Waals surface area contributed by atoms with E-state index < -0.39 is 0 Å². The van der Waals surface area contributed by atoms with E-state index in [1.807, 2.05) is 0 Å². The summed E-state index contributed by atoms with van der Waals surface area (Å²) in [6, 6.07) is 0. The molecule has 3 atom stereocenters. The average Bonchev–Trinajstić information content (AvgIpc) is 2.74. The van der Waals surface area contributed by atoms with Crippen LogP contribution < -0.4 is 5.73 Å². The van der Waals surface area contributed by atoms with Crippen LogP contribution in [-0.4, -0.2) is 0 Å². The lowest BCUT2D eigenvalue weighted by Crippen LogP contribution is -2.09. The molecule has 0 spiro atoms. The first kappa shape index (κ1) is 26.1. The first-order valence-corrected chi connectivity index (χ1v) is 12.7. The van der Waals surface area contributed by atoms with Crippen molar-refractivity contribution in [2.75, 3.05) is 0 Å². The van der Waals surface area contributed by atoms with Gasteiger partial charge in [0.1, 0.15) is 0 Å². The molecule has 1 aliphatic rings. The smallest absolute Gasteiger partial charge is 0.00407 e. The third-order valence-corrected chi connectivity index (χ3v) is 6.94. The summed E-state index contributed by atoms with van der Waals surface area (Å²) in [5.74, 6) is 3.08. The van der Waals surface area contributed by atoms with Gasteiger partial charge in [-0.2, -0.15) is 0 Å². The van der Waals surface area contributed by atoms with E-state index in [4.69, 9.17) is 5.73 Å². The maximum atomic E-state index is 6.11. The van der Waals surface area contributed by atoms with Crippen molar-refractivity contribution in [1.29, 1.82) is 0 Å². The molecule has 0 saturated carbocycles. The fourth-order valence-corrected chi connectivity index (χ4v) is 4.60. The molecule has 1 aliphatic carbocycles. The Morgan fingerprint density at radius 2 is 1.83 bits per heavy atom. The van der Waals surface area contributed by atoms with Crippen LogP contribution in [0, 0.1) is 23.7 Å². The fraction of sp³-hybridized carbons (Fsp3) is 0.786. The second-order valence-corrected chi connectivity index (χ2v) is 9.97. The van der Waals surface area contributed by atoms with Crippen molar-refractivity contribution in [2.24, 2.45) is 29.4 Å². The lowest BCUT2D eigenvalue weighted by atomic mass is 9.86. The van der Waals surface area contributed by atoms with Crippen LogP contribution in [0.15, 0.2) is 35.6 Å². The highest BCUT2D eigenvalue weighted by Gasteiger charge is 2.15. The molecule has 0 radical (unpaired) electrons. The van der Waals surface area contributed by atoms with Gasteiger partial charge in [-0.1, -0.05) is 69.9 Å². The van der Waals surface area contributed by atoms with E-state index in [-0.39, 0.29) is 0 Å². The summed E-state index contributed by atoms with van der Waals surface area (Å²) < 4.78 is 0. The van der Waals surface area contributed by atoms with Crippen LogP contribution in [0.1, 0.15) is 118 Å². The van der Waals surface area contributed by atoms with Crippen LogP contribution >= 0.6 is 0 Å². The van der Waals surface area contributed by atoms with Crippen molar-refractivity contribution in [3.05, 3.63) is 35.6 Å². The van der Waals surface area contributed by atoms with Gasteiger partial charge in [0.2, 0.25) is 0 Å². The Morgan fingerprint density at radius 1 is 1.07 bits per heavy atom. The molecule has 1 rings (SSSR count). The molecule has 0 aliphatic heterocycles. The summed E-state index contributed by atoms with van der Waals surface area (Å²) in [4.78, 5) is 0. The minimum absolute atomic E-state index is 0.708. The highest BCUT2D eigenvalue weighted by molar-refractivity contribution is 5.09. The van der Waals surface area contributed by atoms with Crippen LogP contribution in [0.25, 0.3) is 0 Å². The molecule has 0 fully saturated rings. The van der Waals surface area contributed by atoms with Crippen LogP contribution in [0.4, 0.5) is 0 Å². The fourth-order valence-electron chi connectivity index (χ4n) is 4.60.